The summed E-state index contributed by atoms with van der Waals surface area (Å²) in [7, 11) is 1.86. The van der Waals surface area contributed by atoms with Gasteiger partial charge in [-0.2, -0.15) is 0 Å². The van der Waals surface area contributed by atoms with Gasteiger partial charge in [-0.05, 0) is 54.8 Å². The van der Waals surface area contributed by atoms with Crippen LogP contribution in [0.25, 0.3) is 0 Å². The van der Waals surface area contributed by atoms with E-state index in [-0.39, 0.29) is 11.6 Å². The van der Waals surface area contributed by atoms with Crippen molar-refractivity contribution in [1.82, 2.24) is 5.32 Å². The average Bonchev–Trinajstić information content (AvgIpc) is 3.29. The minimum Gasteiger partial charge on any atom is -0.344 e. The second-order valence-electron chi connectivity index (χ2n) is 5.47. The van der Waals surface area contributed by atoms with E-state index in [1.807, 2.05) is 18.0 Å². The molecule has 0 atom stereocenters. The van der Waals surface area contributed by atoms with Crippen molar-refractivity contribution in [3.63, 3.8) is 0 Å². The van der Waals surface area contributed by atoms with E-state index in [1.54, 1.807) is 18.2 Å². The molecule has 1 aliphatic carbocycles. The molecule has 3 rings (SSSR count). The SMILES string of the molecule is CN(c1cccc(F)c1)c1ccc(F)cc1CNC1CC1. The largest absolute Gasteiger partial charge is 0.344 e. The molecule has 0 bridgehead atoms. The van der Waals surface area contributed by atoms with Gasteiger partial charge in [-0.1, -0.05) is 6.07 Å². The molecule has 1 N–H and O–H groups in total. The molecule has 0 aliphatic heterocycles. The van der Waals surface area contributed by atoms with Crippen LogP contribution in [0.15, 0.2) is 42.5 Å². The van der Waals surface area contributed by atoms with Crippen LogP contribution in [0, 0.1) is 11.6 Å². The summed E-state index contributed by atoms with van der Waals surface area (Å²) in [6, 6.07) is 11.7. The fourth-order valence-corrected chi connectivity index (χ4v) is 2.39. The molecule has 0 heterocycles. The van der Waals surface area contributed by atoms with Crippen LogP contribution in [0.3, 0.4) is 0 Å². The first-order valence-corrected chi connectivity index (χ1v) is 7.14. The number of rotatable bonds is 5. The van der Waals surface area contributed by atoms with Crippen molar-refractivity contribution in [1.29, 1.82) is 0 Å². The van der Waals surface area contributed by atoms with E-state index in [4.69, 9.17) is 0 Å². The highest BCUT2D eigenvalue weighted by Gasteiger charge is 2.21. The molecule has 21 heavy (non-hydrogen) atoms. The Balaban J connectivity index is 1.88. The molecule has 4 heteroatoms. The summed E-state index contributed by atoms with van der Waals surface area (Å²) >= 11 is 0. The topological polar surface area (TPSA) is 15.3 Å². The smallest absolute Gasteiger partial charge is 0.125 e. The highest BCUT2D eigenvalue weighted by atomic mass is 19.1. The third kappa shape index (κ3) is 3.39. The third-order valence-corrected chi connectivity index (χ3v) is 3.76. The Kier molecular flexibility index (Phi) is 3.88. The zero-order valence-corrected chi connectivity index (χ0v) is 11.9. The van der Waals surface area contributed by atoms with Gasteiger partial charge in [-0.3, -0.25) is 0 Å². The maximum Gasteiger partial charge on any atom is 0.125 e. The van der Waals surface area contributed by atoms with Crippen LogP contribution in [0.5, 0.6) is 0 Å². The van der Waals surface area contributed by atoms with Gasteiger partial charge in [0.05, 0.1) is 0 Å². The van der Waals surface area contributed by atoms with Crippen LogP contribution >= 0.6 is 0 Å². The predicted molar refractivity (Wildman–Crippen MR) is 80.7 cm³/mol. The van der Waals surface area contributed by atoms with Crippen LogP contribution < -0.4 is 10.2 Å². The summed E-state index contributed by atoms with van der Waals surface area (Å²) in [6.45, 7) is 0.622. The van der Waals surface area contributed by atoms with Crippen molar-refractivity contribution in [2.45, 2.75) is 25.4 Å². The number of nitrogens with zero attached hydrogens (tertiary/aromatic N) is 1. The zero-order chi connectivity index (χ0) is 14.8. The first-order valence-electron chi connectivity index (χ1n) is 7.14. The molecule has 0 saturated heterocycles. The molecule has 0 unspecified atom stereocenters. The van der Waals surface area contributed by atoms with E-state index in [1.165, 1.54) is 31.0 Å². The molecule has 0 aromatic heterocycles. The number of halogens is 2. The molecule has 1 fully saturated rings. The van der Waals surface area contributed by atoms with Gasteiger partial charge in [0.25, 0.3) is 0 Å². The van der Waals surface area contributed by atoms with Crippen molar-refractivity contribution in [2.24, 2.45) is 0 Å². The Morgan fingerprint density at radius 3 is 2.57 bits per heavy atom. The highest BCUT2D eigenvalue weighted by Crippen LogP contribution is 2.29. The number of benzene rings is 2. The minimum atomic E-state index is -0.279. The molecule has 2 nitrogen and oxygen atoms in total. The van der Waals surface area contributed by atoms with Crippen molar-refractivity contribution in [3.05, 3.63) is 59.7 Å². The Bertz CT molecular complexity index is 638. The zero-order valence-electron chi connectivity index (χ0n) is 11.9. The predicted octanol–water partition coefficient (Wildman–Crippen LogP) is 3.98. The van der Waals surface area contributed by atoms with Crippen molar-refractivity contribution >= 4 is 11.4 Å². The van der Waals surface area contributed by atoms with E-state index in [0.29, 0.717) is 12.6 Å². The molecule has 0 radical (unpaired) electrons. The summed E-state index contributed by atoms with van der Waals surface area (Å²) in [5, 5.41) is 3.39. The Morgan fingerprint density at radius 2 is 1.86 bits per heavy atom. The third-order valence-electron chi connectivity index (χ3n) is 3.76. The lowest BCUT2D eigenvalue weighted by Gasteiger charge is -2.23. The Morgan fingerprint density at radius 1 is 1.10 bits per heavy atom. The lowest BCUT2D eigenvalue weighted by molar-refractivity contribution is 0.619. The van der Waals surface area contributed by atoms with E-state index in [0.717, 1.165) is 16.9 Å². The highest BCUT2D eigenvalue weighted by molar-refractivity contribution is 5.65. The lowest BCUT2D eigenvalue weighted by atomic mass is 10.1. The first kappa shape index (κ1) is 14.0. The van der Waals surface area contributed by atoms with Crippen LogP contribution in [0.4, 0.5) is 20.2 Å². The monoisotopic (exact) mass is 288 g/mol. The maximum atomic E-state index is 13.5. The molecular weight excluding hydrogens is 270 g/mol. The van der Waals surface area contributed by atoms with Crippen LogP contribution in [0.1, 0.15) is 18.4 Å². The number of hydrogen-bond acceptors (Lipinski definition) is 2. The molecule has 2 aromatic rings. The lowest BCUT2D eigenvalue weighted by Crippen LogP contribution is -2.19. The standard InChI is InChI=1S/C17H18F2N2/c1-21(16-4-2-3-13(18)10-16)17-8-5-14(19)9-12(17)11-20-15-6-7-15/h2-5,8-10,15,20H,6-7,11H2,1H3. The summed E-state index contributed by atoms with van der Waals surface area (Å²) in [5.41, 5.74) is 2.51. The Hall–Kier alpha value is -1.94. The van der Waals surface area contributed by atoms with E-state index in [9.17, 15) is 8.78 Å². The van der Waals surface area contributed by atoms with Gasteiger partial charge in [-0.25, -0.2) is 8.78 Å². The van der Waals surface area contributed by atoms with Gasteiger partial charge >= 0.3 is 0 Å². The van der Waals surface area contributed by atoms with Crippen LogP contribution in [0.2, 0.25) is 0 Å². The molecule has 2 aromatic carbocycles. The number of nitrogens with one attached hydrogen (secondary N) is 1. The van der Waals surface area contributed by atoms with E-state index >= 15 is 0 Å². The van der Waals surface area contributed by atoms with Crippen LogP contribution in [-0.2, 0) is 6.54 Å². The molecular formula is C17H18F2N2. The average molecular weight is 288 g/mol. The molecule has 1 saturated carbocycles. The van der Waals surface area contributed by atoms with Crippen LogP contribution in [-0.4, -0.2) is 13.1 Å². The summed E-state index contributed by atoms with van der Waals surface area (Å²) in [6.07, 6.45) is 2.37. The maximum absolute atomic E-state index is 13.5. The number of anilines is 2. The normalized spacial score (nSPS) is 14.2. The van der Waals surface area contributed by atoms with Gasteiger partial charge in [0.1, 0.15) is 11.6 Å². The summed E-state index contributed by atoms with van der Waals surface area (Å²) in [4.78, 5) is 1.88. The Labute approximate surface area is 123 Å². The molecule has 0 amide bonds. The van der Waals surface area contributed by atoms with Gasteiger partial charge in [-0.15, -0.1) is 0 Å². The van der Waals surface area contributed by atoms with Crippen molar-refractivity contribution in [2.75, 3.05) is 11.9 Å². The fourth-order valence-electron chi connectivity index (χ4n) is 2.39. The summed E-state index contributed by atoms with van der Waals surface area (Å²) < 4.78 is 26.9. The van der Waals surface area contributed by atoms with Gasteiger partial charge in [0.2, 0.25) is 0 Å². The van der Waals surface area contributed by atoms with E-state index < -0.39 is 0 Å². The summed E-state index contributed by atoms with van der Waals surface area (Å²) in [5.74, 6) is -0.530. The van der Waals surface area contributed by atoms with Crippen molar-refractivity contribution < 1.29 is 8.78 Å². The van der Waals surface area contributed by atoms with Gasteiger partial charge in [0.15, 0.2) is 0 Å². The molecule has 110 valence electrons. The first-order chi connectivity index (χ1) is 10.1. The van der Waals surface area contributed by atoms with E-state index in [2.05, 4.69) is 5.32 Å². The second-order valence-corrected chi connectivity index (χ2v) is 5.47. The molecule has 1 aliphatic rings. The van der Waals surface area contributed by atoms with Gasteiger partial charge < -0.3 is 10.2 Å². The quantitative estimate of drug-likeness (QED) is 0.895. The fraction of sp³-hybridized carbons (Fsp3) is 0.294. The second kappa shape index (κ2) is 5.82. The van der Waals surface area contributed by atoms with Crippen molar-refractivity contribution in [3.8, 4) is 0 Å². The minimum absolute atomic E-state index is 0.251. The molecule has 0 spiro atoms. The van der Waals surface area contributed by atoms with Gasteiger partial charge in [0, 0.05) is 31.0 Å². The number of hydrogen-bond donors (Lipinski definition) is 1.